The first-order chi connectivity index (χ1) is 12.8. The molecule has 1 unspecified atom stereocenters. The van der Waals surface area contributed by atoms with E-state index in [2.05, 4.69) is 21.6 Å². The lowest BCUT2D eigenvalue weighted by Crippen LogP contribution is -2.07. The molecule has 0 aliphatic heterocycles. The summed E-state index contributed by atoms with van der Waals surface area (Å²) >= 11 is 1.72. The van der Waals surface area contributed by atoms with Gasteiger partial charge in [0.2, 0.25) is 0 Å². The Morgan fingerprint density at radius 3 is 2.50 bits per heavy atom. The molecule has 0 saturated heterocycles. The molecular weight excluding hydrogens is 348 g/mol. The van der Waals surface area contributed by atoms with Gasteiger partial charge in [0.15, 0.2) is 11.5 Å². The molecule has 0 fully saturated rings. The predicted octanol–water partition coefficient (Wildman–Crippen LogP) is 4.80. The first kappa shape index (κ1) is 18.1. The smallest absolute Gasteiger partial charge is 0.164 e. The zero-order chi connectivity index (χ0) is 18.4. The molecule has 0 bridgehead atoms. The minimum Gasteiger partial charge on any atom is -0.493 e. The fraction of sp³-hybridized carbons (Fsp3) is 0.250. The number of nitroso groups, excluding NO2 is 1. The summed E-state index contributed by atoms with van der Waals surface area (Å²) in [6.07, 6.45) is 4.92. The molecule has 3 aromatic rings. The number of benzene rings is 1. The number of nitrogens with zero attached hydrogens (tertiary/aromatic N) is 2. The zero-order valence-corrected chi connectivity index (χ0v) is 15.5. The third-order valence-electron chi connectivity index (χ3n) is 4.31. The monoisotopic (exact) mass is 368 g/mol. The van der Waals surface area contributed by atoms with Gasteiger partial charge < -0.3 is 9.47 Å². The minimum atomic E-state index is -0.615. The van der Waals surface area contributed by atoms with Gasteiger partial charge in [0, 0.05) is 22.8 Å². The second kappa shape index (κ2) is 8.58. The number of aromatic nitrogens is 1. The summed E-state index contributed by atoms with van der Waals surface area (Å²) in [4.78, 5) is 17.0. The van der Waals surface area contributed by atoms with Crippen LogP contribution in [-0.4, -0.2) is 19.2 Å². The number of methoxy groups -OCH3 is 2. The zero-order valence-electron chi connectivity index (χ0n) is 14.7. The van der Waals surface area contributed by atoms with Gasteiger partial charge >= 0.3 is 0 Å². The van der Waals surface area contributed by atoms with Gasteiger partial charge in [0.25, 0.3) is 0 Å². The van der Waals surface area contributed by atoms with Gasteiger partial charge in [0.05, 0.1) is 14.2 Å². The van der Waals surface area contributed by atoms with Crippen LogP contribution in [0.2, 0.25) is 0 Å². The summed E-state index contributed by atoms with van der Waals surface area (Å²) in [6.45, 7) is 0. The number of rotatable bonds is 8. The third kappa shape index (κ3) is 3.75. The molecule has 0 radical (unpaired) electrons. The lowest BCUT2D eigenvalue weighted by Gasteiger charge is -2.19. The summed E-state index contributed by atoms with van der Waals surface area (Å²) in [5, 5.41) is 5.45. The van der Waals surface area contributed by atoms with Crippen LogP contribution in [-0.2, 0) is 12.8 Å². The van der Waals surface area contributed by atoms with Crippen molar-refractivity contribution in [1.29, 1.82) is 0 Å². The molecule has 2 heterocycles. The Hall–Kier alpha value is -2.73. The van der Waals surface area contributed by atoms with Crippen molar-refractivity contribution in [3.8, 4) is 11.5 Å². The number of pyridine rings is 1. The average molecular weight is 368 g/mol. The van der Waals surface area contributed by atoms with Gasteiger partial charge in [-0.25, -0.2) is 0 Å². The minimum absolute atomic E-state index is 0.615. The van der Waals surface area contributed by atoms with E-state index >= 15 is 0 Å². The van der Waals surface area contributed by atoms with Crippen molar-refractivity contribution in [3.63, 3.8) is 0 Å². The van der Waals surface area contributed by atoms with Crippen molar-refractivity contribution >= 4 is 11.3 Å². The predicted molar refractivity (Wildman–Crippen MR) is 103 cm³/mol. The van der Waals surface area contributed by atoms with Crippen molar-refractivity contribution in [2.75, 3.05) is 14.2 Å². The normalized spacial score (nSPS) is 11.8. The molecule has 134 valence electrons. The van der Waals surface area contributed by atoms with E-state index in [1.165, 1.54) is 4.88 Å². The Morgan fingerprint density at radius 1 is 1.08 bits per heavy atom. The van der Waals surface area contributed by atoms with Crippen molar-refractivity contribution in [2.24, 2.45) is 5.18 Å². The van der Waals surface area contributed by atoms with Crippen molar-refractivity contribution < 1.29 is 9.47 Å². The van der Waals surface area contributed by atoms with Gasteiger partial charge in [0.1, 0.15) is 6.04 Å². The van der Waals surface area contributed by atoms with Crippen LogP contribution in [0.4, 0.5) is 0 Å². The second-order valence-electron chi connectivity index (χ2n) is 5.74. The van der Waals surface area contributed by atoms with E-state index in [-0.39, 0.29) is 0 Å². The fourth-order valence-corrected chi connectivity index (χ4v) is 3.78. The molecule has 5 nitrogen and oxygen atoms in total. The second-order valence-corrected chi connectivity index (χ2v) is 6.77. The Morgan fingerprint density at radius 2 is 1.88 bits per heavy atom. The molecule has 0 aliphatic carbocycles. The summed E-state index contributed by atoms with van der Waals surface area (Å²) < 4.78 is 11.1. The maximum Gasteiger partial charge on any atom is 0.164 e. The van der Waals surface area contributed by atoms with Gasteiger partial charge in [-0.05, 0) is 53.6 Å². The van der Waals surface area contributed by atoms with E-state index in [1.807, 2.05) is 30.3 Å². The quantitative estimate of drug-likeness (QED) is 0.536. The molecule has 3 rings (SSSR count). The Labute approximate surface area is 156 Å². The van der Waals surface area contributed by atoms with Gasteiger partial charge in [-0.3, -0.25) is 4.98 Å². The Kier molecular flexibility index (Phi) is 5.96. The molecule has 2 aromatic heterocycles. The van der Waals surface area contributed by atoms with Crippen LogP contribution >= 0.6 is 11.3 Å². The third-order valence-corrected chi connectivity index (χ3v) is 5.24. The van der Waals surface area contributed by atoms with Crippen LogP contribution in [0.1, 0.15) is 27.6 Å². The highest BCUT2D eigenvalue weighted by Crippen LogP contribution is 2.39. The molecule has 1 aromatic carbocycles. The fourth-order valence-electron chi connectivity index (χ4n) is 3.07. The highest BCUT2D eigenvalue weighted by Gasteiger charge is 2.23. The number of hydrogen-bond donors (Lipinski definition) is 0. The van der Waals surface area contributed by atoms with Gasteiger partial charge in [-0.1, -0.05) is 17.3 Å². The van der Waals surface area contributed by atoms with Crippen molar-refractivity contribution in [2.45, 2.75) is 18.9 Å². The van der Waals surface area contributed by atoms with E-state index < -0.39 is 6.04 Å². The largest absolute Gasteiger partial charge is 0.493 e. The lowest BCUT2D eigenvalue weighted by molar-refractivity contribution is 0.351. The molecule has 0 saturated carbocycles. The molecule has 1 atom stereocenters. The molecule has 0 N–H and O–H groups in total. The van der Waals surface area contributed by atoms with Gasteiger partial charge in [-0.2, -0.15) is 0 Å². The summed E-state index contributed by atoms with van der Waals surface area (Å²) in [7, 11) is 3.23. The first-order valence-corrected chi connectivity index (χ1v) is 9.15. The van der Waals surface area contributed by atoms with E-state index in [9.17, 15) is 4.91 Å². The van der Waals surface area contributed by atoms with E-state index in [4.69, 9.17) is 9.47 Å². The molecule has 6 heteroatoms. The van der Waals surface area contributed by atoms with Crippen molar-refractivity contribution in [1.82, 2.24) is 4.98 Å². The maximum absolute atomic E-state index is 11.7. The summed E-state index contributed by atoms with van der Waals surface area (Å²) in [5.74, 6) is 1.31. The molecule has 0 spiro atoms. The highest BCUT2D eigenvalue weighted by molar-refractivity contribution is 7.09. The van der Waals surface area contributed by atoms with Crippen LogP contribution in [0.5, 0.6) is 11.5 Å². The first-order valence-electron chi connectivity index (χ1n) is 8.27. The van der Waals surface area contributed by atoms with Crippen LogP contribution in [0.15, 0.2) is 59.3 Å². The average Bonchev–Trinajstić information content (AvgIpc) is 3.21. The van der Waals surface area contributed by atoms with E-state index in [0.717, 1.165) is 29.5 Å². The van der Waals surface area contributed by atoms with Crippen LogP contribution in [0.25, 0.3) is 0 Å². The summed E-state index contributed by atoms with van der Waals surface area (Å²) in [5.41, 5.74) is 2.58. The van der Waals surface area contributed by atoms with Crippen LogP contribution < -0.4 is 9.47 Å². The van der Waals surface area contributed by atoms with Crippen molar-refractivity contribution in [3.05, 3.63) is 80.6 Å². The number of hydrogen-bond acceptors (Lipinski definition) is 6. The lowest BCUT2D eigenvalue weighted by atomic mass is 9.92. The molecule has 26 heavy (non-hydrogen) atoms. The Balaban J connectivity index is 2.06. The molecular formula is C20H20N2O3S. The Bertz CT molecular complexity index is 851. The number of ether oxygens (including phenoxy) is 2. The number of thiophene rings is 1. The molecule has 0 amide bonds. The standard InChI is InChI=1S/C20H20N2O3S/c1-24-18-8-7-16(19(22-23)14-9-11-21-12-10-14)17(20(18)25-2)6-5-15-4-3-13-26-15/h3-4,7-13,19H,5-6H2,1-2H3. The van der Waals surface area contributed by atoms with Crippen LogP contribution in [0, 0.1) is 4.91 Å². The number of aryl methyl sites for hydroxylation is 1. The van der Waals surface area contributed by atoms with E-state index in [1.54, 1.807) is 38.0 Å². The van der Waals surface area contributed by atoms with Gasteiger partial charge in [-0.15, -0.1) is 16.2 Å². The SMILES string of the molecule is COc1ccc(C(N=O)c2ccncc2)c(CCc2cccs2)c1OC. The maximum atomic E-state index is 11.7. The molecule has 0 aliphatic rings. The topological polar surface area (TPSA) is 60.8 Å². The van der Waals surface area contributed by atoms with E-state index in [0.29, 0.717) is 11.5 Å². The van der Waals surface area contributed by atoms with Crippen LogP contribution in [0.3, 0.4) is 0 Å². The summed E-state index contributed by atoms with van der Waals surface area (Å²) in [6, 6.07) is 10.9. The highest BCUT2D eigenvalue weighted by atomic mass is 32.1.